The molecule has 0 fully saturated rings. The van der Waals surface area contributed by atoms with Crippen molar-refractivity contribution in [3.63, 3.8) is 0 Å². The van der Waals surface area contributed by atoms with Crippen molar-refractivity contribution in [3.8, 4) is 0 Å². The van der Waals surface area contributed by atoms with E-state index in [9.17, 15) is 4.79 Å². The average molecular weight is 207 g/mol. The van der Waals surface area contributed by atoms with Gasteiger partial charge in [-0.2, -0.15) is 0 Å². The van der Waals surface area contributed by atoms with Crippen molar-refractivity contribution in [1.29, 1.82) is 0 Å². The Labute approximate surface area is 90.5 Å². The quantitative estimate of drug-likeness (QED) is 0.760. The lowest BCUT2D eigenvalue weighted by molar-refractivity contribution is 0.211. The summed E-state index contributed by atoms with van der Waals surface area (Å²) in [7, 11) is 1.77. The second-order valence-corrected chi connectivity index (χ2v) is 3.22. The highest BCUT2D eigenvalue weighted by atomic mass is 16.2. The van der Waals surface area contributed by atoms with Crippen LogP contribution < -0.4 is 4.90 Å². The predicted molar refractivity (Wildman–Crippen MR) is 61.0 cm³/mol. The van der Waals surface area contributed by atoms with Crippen molar-refractivity contribution < 1.29 is 4.79 Å². The second kappa shape index (κ2) is 5.34. The summed E-state index contributed by atoms with van der Waals surface area (Å²) in [6.45, 7) is 5.40. The molecule has 4 heteroatoms. The van der Waals surface area contributed by atoms with Gasteiger partial charge in [0.1, 0.15) is 0 Å². The first-order valence-electron chi connectivity index (χ1n) is 5.13. The van der Waals surface area contributed by atoms with Crippen molar-refractivity contribution in [2.45, 2.75) is 13.8 Å². The van der Waals surface area contributed by atoms with Gasteiger partial charge in [-0.05, 0) is 26.0 Å². The minimum atomic E-state index is 0.0196. The van der Waals surface area contributed by atoms with Crippen molar-refractivity contribution in [2.24, 2.45) is 0 Å². The van der Waals surface area contributed by atoms with Gasteiger partial charge in [-0.25, -0.2) is 4.79 Å². The van der Waals surface area contributed by atoms with Crippen LogP contribution in [-0.4, -0.2) is 36.1 Å². The van der Waals surface area contributed by atoms with E-state index in [-0.39, 0.29) is 6.03 Å². The summed E-state index contributed by atoms with van der Waals surface area (Å²) >= 11 is 0. The molecule has 15 heavy (non-hydrogen) atoms. The molecule has 1 rings (SSSR count). The van der Waals surface area contributed by atoms with E-state index in [1.54, 1.807) is 29.2 Å². The van der Waals surface area contributed by atoms with Crippen LogP contribution in [0.25, 0.3) is 0 Å². The van der Waals surface area contributed by atoms with Crippen LogP contribution in [0, 0.1) is 0 Å². The molecule has 1 aromatic heterocycles. The molecule has 0 N–H and O–H groups in total. The summed E-state index contributed by atoms with van der Waals surface area (Å²) in [6.07, 6.45) is 3.36. The van der Waals surface area contributed by atoms with E-state index in [1.807, 2.05) is 26.0 Å². The van der Waals surface area contributed by atoms with Crippen molar-refractivity contribution in [1.82, 2.24) is 9.88 Å². The Bertz CT molecular complexity index is 309. The smallest absolute Gasteiger partial charge is 0.324 e. The van der Waals surface area contributed by atoms with Gasteiger partial charge in [0.25, 0.3) is 0 Å². The first-order valence-corrected chi connectivity index (χ1v) is 5.13. The Hall–Kier alpha value is -1.58. The maximum absolute atomic E-state index is 11.9. The predicted octanol–water partition coefficient (Wildman–Crippen LogP) is 1.98. The number of pyridine rings is 1. The van der Waals surface area contributed by atoms with Crippen molar-refractivity contribution in [2.75, 3.05) is 25.0 Å². The number of carbonyl (C=O) groups excluding carboxylic acids is 1. The summed E-state index contributed by atoms with van der Waals surface area (Å²) < 4.78 is 0. The summed E-state index contributed by atoms with van der Waals surface area (Å²) in [5.74, 6) is 0. The minimum Gasteiger partial charge on any atom is -0.325 e. The largest absolute Gasteiger partial charge is 0.325 e. The fraction of sp³-hybridized carbons (Fsp3) is 0.455. The fourth-order valence-corrected chi connectivity index (χ4v) is 1.38. The van der Waals surface area contributed by atoms with Gasteiger partial charge in [0, 0.05) is 38.2 Å². The zero-order valence-corrected chi connectivity index (χ0v) is 9.47. The normalized spacial score (nSPS) is 9.80. The van der Waals surface area contributed by atoms with Gasteiger partial charge in [0.15, 0.2) is 0 Å². The zero-order chi connectivity index (χ0) is 11.3. The van der Waals surface area contributed by atoms with E-state index in [0.29, 0.717) is 0 Å². The topological polar surface area (TPSA) is 36.4 Å². The molecular formula is C11H17N3O. The number of hydrogen-bond donors (Lipinski definition) is 0. The highest BCUT2D eigenvalue weighted by Gasteiger charge is 2.15. The molecule has 0 aromatic carbocycles. The lowest BCUT2D eigenvalue weighted by Crippen LogP contribution is -2.41. The van der Waals surface area contributed by atoms with Gasteiger partial charge in [0.2, 0.25) is 0 Å². The van der Waals surface area contributed by atoms with Crippen LogP contribution in [0.2, 0.25) is 0 Å². The molecule has 82 valence electrons. The van der Waals surface area contributed by atoms with E-state index in [1.165, 1.54) is 0 Å². The number of urea groups is 1. The summed E-state index contributed by atoms with van der Waals surface area (Å²) in [6, 6.07) is 3.66. The lowest BCUT2D eigenvalue weighted by Gasteiger charge is -2.25. The van der Waals surface area contributed by atoms with Crippen LogP contribution in [-0.2, 0) is 0 Å². The first kappa shape index (κ1) is 11.5. The lowest BCUT2D eigenvalue weighted by atomic mass is 10.4. The van der Waals surface area contributed by atoms with Gasteiger partial charge in [-0.15, -0.1) is 0 Å². The highest BCUT2D eigenvalue weighted by molar-refractivity contribution is 5.91. The van der Waals surface area contributed by atoms with Gasteiger partial charge >= 0.3 is 6.03 Å². The number of carbonyl (C=O) groups is 1. The Morgan fingerprint density at radius 1 is 1.27 bits per heavy atom. The molecule has 1 aromatic rings. The van der Waals surface area contributed by atoms with Crippen molar-refractivity contribution in [3.05, 3.63) is 24.5 Å². The average Bonchev–Trinajstić information content (AvgIpc) is 2.30. The van der Waals surface area contributed by atoms with E-state index >= 15 is 0 Å². The van der Waals surface area contributed by atoms with Crippen LogP contribution in [0.4, 0.5) is 10.5 Å². The molecule has 0 spiro atoms. The molecule has 0 aliphatic rings. The maximum atomic E-state index is 11.9. The molecule has 0 bridgehead atoms. The number of amides is 2. The number of anilines is 1. The maximum Gasteiger partial charge on any atom is 0.324 e. The molecule has 4 nitrogen and oxygen atoms in total. The van der Waals surface area contributed by atoms with Gasteiger partial charge in [-0.3, -0.25) is 9.88 Å². The van der Waals surface area contributed by atoms with Crippen LogP contribution in [0.3, 0.4) is 0 Å². The number of nitrogens with zero attached hydrogens (tertiary/aromatic N) is 3. The summed E-state index contributed by atoms with van der Waals surface area (Å²) in [5.41, 5.74) is 0.863. The van der Waals surface area contributed by atoms with Crippen LogP contribution in [0.15, 0.2) is 24.5 Å². The van der Waals surface area contributed by atoms with Crippen molar-refractivity contribution >= 4 is 11.7 Å². The Kier molecular flexibility index (Phi) is 4.09. The van der Waals surface area contributed by atoms with E-state index < -0.39 is 0 Å². The third-order valence-corrected chi connectivity index (χ3v) is 2.37. The van der Waals surface area contributed by atoms with Crippen LogP contribution in [0.5, 0.6) is 0 Å². The van der Waals surface area contributed by atoms with Crippen LogP contribution in [0.1, 0.15) is 13.8 Å². The molecule has 2 amide bonds. The molecule has 0 aliphatic carbocycles. The molecule has 0 saturated carbocycles. The zero-order valence-electron chi connectivity index (χ0n) is 9.47. The monoisotopic (exact) mass is 207 g/mol. The van der Waals surface area contributed by atoms with E-state index in [0.717, 1.165) is 18.8 Å². The van der Waals surface area contributed by atoms with Gasteiger partial charge in [0.05, 0.1) is 0 Å². The third kappa shape index (κ3) is 2.68. The fourth-order valence-electron chi connectivity index (χ4n) is 1.38. The second-order valence-electron chi connectivity index (χ2n) is 3.22. The first-order chi connectivity index (χ1) is 7.20. The minimum absolute atomic E-state index is 0.0196. The Balaban J connectivity index is 2.76. The number of aromatic nitrogens is 1. The third-order valence-electron chi connectivity index (χ3n) is 2.37. The van der Waals surface area contributed by atoms with Gasteiger partial charge < -0.3 is 4.90 Å². The number of rotatable bonds is 3. The molecule has 0 radical (unpaired) electrons. The molecular weight excluding hydrogens is 190 g/mol. The highest BCUT2D eigenvalue weighted by Crippen LogP contribution is 2.11. The van der Waals surface area contributed by atoms with Gasteiger partial charge in [-0.1, -0.05) is 0 Å². The number of hydrogen-bond acceptors (Lipinski definition) is 2. The summed E-state index contributed by atoms with van der Waals surface area (Å²) in [5, 5.41) is 0. The molecule has 0 atom stereocenters. The molecule has 0 aliphatic heterocycles. The molecule has 0 saturated heterocycles. The van der Waals surface area contributed by atoms with E-state index in [4.69, 9.17) is 0 Å². The van der Waals surface area contributed by atoms with E-state index in [2.05, 4.69) is 4.98 Å². The molecule has 1 heterocycles. The Morgan fingerprint density at radius 2 is 1.80 bits per heavy atom. The standard InChI is InChI=1S/C11H17N3O/c1-4-14(5-2)11(15)13(3)10-6-8-12-9-7-10/h6-9H,4-5H2,1-3H3. The molecule has 0 unspecified atom stereocenters. The summed E-state index contributed by atoms with van der Waals surface area (Å²) in [4.78, 5) is 19.3. The Morgan fingerprint density at radius 3 is 2.27 bits per heavy atom. The SMILES string of the molecule is CCN(CC)C(=O)N(C)c1ccncc1. The van der Waals surface area contributed by atoms with Crippen LogP contribution >= 0.6 is 0 Å².